The van der Waals surface area contributed by atoms with E-state index in [-0.39, 0.29) is 18.5 Å². The molecule has 1 aromatic carbocycles. The van der Waals surface area contributed by atoms with Crippen LogP contribution in [0, 0.1) is 0 Å². The number of aliphatic carboxylic acids is 1. The first-order chi connectivity index (χ1) is 10.5. The summed E-state index contributed by atoms with van der Waals surface area (Å²) in [4.78, 5) is 25.3. The molecule has 5 nitrogen and oxygen atoms in total. The third-order valence-corrected chi connectivity index (χ3v) is 3.51. The Labute approximate surface area is 132 Å². The predicted molar refractivity (Wildman–Crippen MR) is 86.5 cm³/mol. The molecule has 0 aliphatic rings. The number of nitrogens with one attached hydrogen (secondary N) is 1. The fourth-order valence-corrected chi connectivity index (χ4v) is 2.25. The number of hydrogen-bond donors (Lipinski definition) is 2. The number of carbonyl (C=O) groups is 2. The third-order valence-electron chi connectivity index (χ3n) is 3.51. The van der Waals surface area contributed by atoms with Crippen molar-refractivity contribution < 1.29 is 14.7 Å². The minimum Gasteiger partial charge on any atom is -0.480 e. The van der Waals surface area contributed by atoms with Gasteiger partial charge in [0.15, 0.2) is 0 Å². The van der Waals surface area contributed by atoms with Crippen molar-refractivity contribution in [1.82, 2.24) is 10.2 Å². The lowest BCUT2D eigenvalue weighted by molar-refractivity contribution is -0.140. The van der Waals surface area contributed by atoms with Gasteiger partial charge in [-0.05, 0) is 25.8 Å². The van der Waals surface area contributed by atoms with Crippen LogP contribution in [-0.4, -0.2) is 40.5 Å². The number of carboxylic acid groups (broad SMARTS) is 1. The van der Waals surface area contributed by atoms with Crippen molar-refractivity contribution in [2.75, 3.05) is 6.54 Å². The second kappa shape index (κ2) is 9.20. The normalized spacial score (nSPS) is 12.2. The highest BCUT2D eigenvalue weighted by Crippen LogP contribution is 2.08. The molecule has 1 amide bonds. The van der Waals surface area contributed by atoms with E-state index < -0.39 is 12.0 Å². The molecular formula is C17H26N2O3. The van der Waals surface area contributed by atoms with Gasteiger partial charge in [0.2, 0.25) is 5.91 Å². The zero-order valence-corrected chi connectivity index (χ0v) is 13.6. The molecule has 0 fully saturated rings. The van der Waals surface area contributed by atoms with E-state index in [9.17, 15) is 9.59 Å². The lowest BCUT2D eigenvalue weighted by Gasteiger charge is -2.27. The van der Waals surface area contributed by atoms with Gasteiger partial charge in [-0.3, -0.25) is 14.9 Å². The summed E-state index contributed by atoms with van der Waals surface area (Å²) in [6.45, 7) is 6.42. The van der Waals surface area contributed by atoms with E-state index in [1.165, 1.54) is 0 Å². The molecule has 2 N–H and O–H groups in total. The third kappa shape index (κ3) is 5.85. The largest absolute Gasteiger partial charge is 0.480 e. The van der Waals surface area contributed by atoms with E-state index in [4.69, 9.17) is 5.11 Å². The Morgan fingerprint density at radius 2 is 1.86 bits per heavy atom. The fourth-order valence-electron chi connectivity index (χ4n) is 2.25. The molecule has 0 saturated carbocycles. The zero-order valence-electron chi connectivity index (χ0n) is 13.6. The van der Waals surface area contributed by atoms with E-state index >= 15 is 0 Å². The maximum absolute atomic E-state index is 12.4. The van der Waals surface area contributed by atoms with Gasteiger partial charge in [-0.15, -0.1) is 0 Å². The summed E-state index contributed by atoms with van der Waals surface area (Å²) < 4.78 is 0. The molecule has 0 spiro atoms. The summed E-state index contributed by atoms with van der Waals surface area (Å²) in [6, 6.07) is 9.18. The molecule has 0 aliphatic heterocycles. The first kappa shape index (κ1) is 18.2. The van der Waals surface area contributed by atoms with Crippen molar-refractivity contribution in [3.63, 3.8) is 0 Å². The van der Waals surface area contributed by atoms with Gasteiger partial charge in [-0.2, -0.15) is 0 Å². The van der Waals surface area contributed by atoms with Crippen molar-refractivity contribution in [3.05, 3.63) is 35.9 Å². The van der Waals surface area contributed by atoms with Gasteiger partial charge in [0.1, 0.15) is 6.04 Å². The molecule has 0 bridgehead atoms. The lowest BCUT2D eigenvalue weighted by Crippen LogP contribution is -2.46. The molecule has 1 unspecified atom stereocenters. The summed E-state index contributed by atoms with van der Waals surface area (Å²) in [6.07, 6.45) is 1.28. The molecule has 122 valence electrons. The van der Waals surface area contributed by atoms with Crippen LogP contribution in [0.1, 0.15) is 39.2 Å². The Morgan fingerprint density at radius 1 is 1.23 bits per heavy atom. The van der Waals surface area contributed by atoms with Crippen molar-refractivity contribution in [2.24, 2.45) is 0 Å². The Balaban J connectivity index is 2.63. The van der Waals surface area contributed by atoms with Gasteiger partial charge >= 0.3 is 5.97 Å². The first-order valence-electron chi connectivity index (χ1n) is 7.75. The van der Waals surface area contributed by atoms with E-state index in [1.807, 2.05) is 51.1 Å². The summed E-state index contributed by atoms with van der Waals surface area (Å²) in [5.41, 5.74) is 1.06. The van der Waals surface area contributed by atoms with Crippen molar-refractivity contribution in [1.29, 1.82) is 0 Å². The van der Waals surface area contributed by atoms with Crippen LogP contribution in [0.25, 0.3) is 0 Å². The number of carbonyl (C=O) groups excluding carboxylic acids is 1. The molecule has 0 aromatic heterocycles. The Morgan fingerprint density at radius 3 is 2.36 bits per heavy atom. The Hall–Kier alpha value is -1.88. The van der Waals surface area contributed by atoms with Crippen LogP contribution in [0.4, 0.5) is 0 Å². The SMILES string of the molecule is CCCC(NCC(=O)N(Cc1ccccc1)C(C)C)C(=O)O. The number of benzene rings is 1. The van der Waals surface area contributed by atoms with Gasteiger partial charge in [-0.1, -0.05) is 43.7 Å². The van der Waals surface area contributed by atoms with Crippen LogP contribution in [0.15, 0.2) is 30.3 Å². The van der Waals surface area contributed by atoms with E-state index in [0.29, 0.717) is 13.0 Å². The standard InChI is InChI=1S/C17H26N2O3/c1-4-8-15(17(21)22)18-11-16(20)19(13(2)3)12-14-9-6-5-7-10-14/h5-7,9-10,13,15,18H,4,8,11-12H2,1-3H3,(H,21,22). The second-order valence-electron chi connectivity index (χ2n) is 5.66. The molecule has 5 heteroatoms. The fraction of sp³-hybridized carbons (Fsp3) is 0.529. The number of rotatable bonds is 9. The van der Waals surface area contributed by atoms with Gasteiger partial charge < -0.3 is 10.0 Å². The van der Waals surface area contributed by atoms with E-state index in [2.05, 4.69) is 5.32 Å². The molecule has 0 heterocycles. The predicted octanol–water partition coefficient (Wildman–Crippen LogP) is 2.27. The first-order valence-corrected chi connectivity index (χ1v) is 7.75. The molecule has 0 radical (unpaired) electrons. The highest BCUT2D eigenvalue weighted by atomic mass is 16.4. The molecule has 0 aliphatic carbocycles. The van der Waals surface area contributed by atoms with Gasteiger partial charge in [0.05, 0.1) is 6.54 Å². The molecule has 22 heavy (non-hydrogen) atoms. The molecule has 1 rings (SSSR count). The maximum atomic E-state index is 12.4. The molecule has 1 atom stereocenters. The van der Waals surface area contributed by atoms with Gasteiger partial charge in [0.25, 0.3) is 0 Å². The van der Waals surface area contributed by atoms with Crippen LogP contribution >= 0.6 is 0 Å². The summed E-state index contributed by atoms with van der Waals surface area (Å²) in [7, 11) is 0. The smallest absolute Gasteiger partial charge is 0.320 e. The number of amides is 1. The van der Waals surface area contributed by atoms with Gasteiger partial charge in [-0.25, -0.2) is 0 Å². The molecule has 1 aromatic rings. The van der Waals surface area contributed by atoms with Crippen LogP contribution in [0.3, 0.4) is 0 Å². The quantitative estimate of drug-likeness (QED) is 0.734. The topological polar surface area (TPSA) is 69.6 Å². The van der Waals surface area contributed by atoms with E-state index in [0.717, 1.165) is 12.0 Å². The number of hydrogen-bond acceptors (Lipinski definition) is 3. The lowest BCUT2D eigenvalue weighted by atomic mass is 10.1. The average Bonchev–Trinajstić information content (AvgIpc) is 2.49. The Bertz CT molecular complexity index is 474. The molecular weight excluding hydrogens is 280 g/mol. The van der Waals surface area contributed by atoms with Gasteiger partial charge in [0, 0.05) is 12.6 Å². The Kier molecular flexibility index (Phi) is 7.60. The summed E-state index contributed by atoms with van der Waals surface area (Å²) in [5.74, 6) is -0.991. The van der Waals surface area contributed by atoms with Crippen molar-refractivity contribution >= 4 is 11.9 Å². The monoisotopic (exact) mass is 306 g/mol. The van der Waals surface area contributed by atoms with Crippen molar-refractivity contribution in [2.45, 2.75) is 52.2 Å². The van der Waals surface area contributed by atoms with Crippen LogP contribution in [0.5, 0.6) is 0 Å². The number of carboxylic acids is 1. The highest BCUT2D eigenvalue weighted by Gasteiger charge is 2.21. The highest BCUT2D eigenvalue weighted by molar-refractivity contribution is 5.80. The maximum Gasteiger partial charge on any atom is 0.320 e. The summed E-state index contributed by atoms with van der Waals surface area (Å²) >= 11 is 0. The van der Waals surface area contributed by atoms with Crippen LogP contribution in [-0.2, 0) is 16.1 Å². The average molecular weight is 306 g/mol. The zero-order chi connectivity index (χ0) is 16.5. The van der Waals surface area contributed by atoms with E-state index in [1.54, 1.807) is 4.90 Å². The van der Waals surface area contributed by atoms with Crippen molar-refractivity contribution in [3.8, 4) is 0 Å². The van der Waals surface area contributed by atoms with Crippen LogP contribution < -0.4 is 5.32 Å². The number of nitrogens with zero attached hydrogens (tertiary/aromatic N) is 1. The second-order valence-corrected chi connectivity index (χ2v) is 5.66. The summed E-state index contributed by atoms with van der Waals surface area (Å²) in [5, 5.41) is 12.0. The van der Waals surface area contributed by atoms with Crippen LogP contribution in [0.2, 0.25) is 0 Å². The minimum atomic E-state index is -0.909. The minimum absolute atomic E-state index is 0.0436. The molecule has 0 saturated heterocycles.